The molecule has 1 fully saturated rings. The molecule has 0 aliphatic carbocycles. The molecule has 1 atom stereocenters. The fraction of sp³-hybridized carbons (Fsp3) is 0.923. The summed E-state index contributed by atoms with van der Waals surface area (Å²) in [5.74, 6) is 1.07. The highest BCUT2D eigenvalue weighted by atomic mass is 32.2. The lowest BCUT2D eigenvalue weighted by Crippen LogP contribution is -2.49. The number of nitrogens with one attached hydrogen (secondary N) is 2. The van der Waals surface area contributed by atoms with Gasteiger partial charge in [-0.3, -0.25) is 0 Å². The molecule has 18 heavy (non-hydrogen) atoms. The van der Waals surface area contributed by atoms with Crippen LogP contribution >= 0.6 is 11.8 Å². The first-order valence-corrected chi connectivity index (χ1v) is 7.90. The van der Waals surface area contributed by atoms with Crippen LogP contribution in [-0.4, -0.2) is 41.8 Å². The van der Waals surface area contributed by atoms with Crippen molar-refractivity contribution < 1.29 is 9.53 Å². The number of hydrogen-bond acceptors (Lipinski definition) is 3. The van der Waals surface area contributed by atoms with Crippen molar-refractivity contribution in [1.29, 1.82) is 0 Å². The molecule has 2 N–H and O–H groups in total. The molecule has 5 heteroatoms. The molecule has 0 spiro atoms. The number of hydrogen-bond donors (Lipinski definition) is 2. The van der Waals surface area contributed by atoms with Gasteiger partial charge in [-0.15, -0.1) is 0 Å². The minimum absolute atomic E-state index is 0.0630. The van der Waals surface area contributed by atoms with Gasteiger partial charge in [-0.25, -0.2) is 4.79 Å². The monoisotopic (exact) mass is 274 g/mol. The molecular weight excluding hydrogens is 248 g/mol. The Morgan fingerprint density at radius 2 is 2.06 bits per heavy atom. The lowest BCUT2D eigenvalue weighted by atomic mass is 9.95. The zero-order valence-electron chi connectivity index (χ0n) is 12.1. The summed E-state index contributed by atoms with van der Waals surface area (Å²) in [6.45, 7) is 8.91. The Hall–Kier alpha value is -0.420. The smallest absolute Gasteiger partial charge is 0.315 e. The summed E-state index contributed by atoms with van der Waals surface area (Å²) >= 11 is 1.79. The van der Waals surface area contributed by atoms with Crippen molar-refractivity contribution in [2.45, 2.75) is 57.8 Å². The molecule has 1 saturated heterocycles. The van der Waals surface area contributed by atoms with Crippen molar-refractivity contribution in [3.63, 3.8) is 0 Å². The fourth-order valence-corrected chi connectivity index (χ4v) is 2.85. The molecule has 1 rings (SSSR count). The molecule has 1 heterocycles. The van der Waals surface area contributed by atoms with E-state index in [9.17, 15) is 4.79 Å². The Morgan fingerprint density at radius 1 is 1.39 bits per heavy atom. The van der Waals surface area contributed by atoms with Gasteiger partial charge in [0.25, 0.3) is 0 Å². The van der Waals surface area contributed by atoms with Gasteiger partial charge < -0.3 is 15.4 Å². The molecule has 0 aromatic heterocycles. The maximum Gasteiger partial charge on any atom is 0.315 e. The first kappa shape index (κ1) is 15.6. The predicted molar refractivity (Wildman–Crippen MR) is 77.2 cm³/mol. The number of ether oxygens (including phenoxy) is 1. The van der Waals surface area contributed by atoms with Gasteiger partial charge in [-0.2, -0.15) is 11.8 Å². The number of rotatable bonds is 5. The molecule has 0 radical (unpaired) electrons. The van der Waals surface area contributed by atoms with Crippen LogP contribution in [0, 0.1) is 0 Å². The van der Waals surface area contributed by atoms with Crippen LogP contribution < -0.4 is 10.6 Å². The molecule has 0 unspecified atom stereocenters. The Balaban J connectivity index is 2.36. The molecule has 106 valence electrons. The van der Waals surface area contributed by atoms with E-state index >= 15 is 0 Å². The van der Waals surface area contributed by atoms with Gasteiger partial charge in [0.15, 0.2) is 0 Å². The Bertz CT molecular complexity index is 293. The second-order valence-electron chi connectivity index (χ2n) is 5.97. The number of carbonyl (C=O) groups excluding carboxylic acids is 1. The van der Waals surface area contributed by atoms with Gasteiger partial charge >= 0.3 is 6.03 Å². The molecule has 2 amide bonds. The third-order valence-corrected chi connectivity index (χ3v) is 3.89. The summed E-state index contributed by atoms with van der Waals surface area (Å²) in [7, 11) is 0. The summed E-state index contributed by atoms with van der Waals surface area (Å²) < 4.78 is 5.95. The molecule has 0 bridgehead atoms. The van der Waals surface area contributed by atoms with E-state index in [4.69, 9.17) is 4.74 Å². The zero-order valence-corrected chi connectivity index (χ0v) is 12.9. The Morgan fingerprint density at radius 3 is 2.56 bits per heavy atom. The van der Waals surface area contributed by atoms with Crippen molar-refractivity contribution in [1.82, 2.24) is 10.6 Å². The molecule has 1 aliphatic heterocycles. The van der Waals surface area contributed by atoms with Crippen LogP contribution in [0.15, 0.2) is 0 Å². The van der Waals surface area contributed by atoms with E-state index in [2.05, 4.69) is 30.7 Å². The van der Waals surface area contributed by atoms with Crippen LogP contribution in [0.1, 0.15) is 40.5 Å². The van der Waals surface area contributed by atoms with Gasteiger partial charge in [0.2, 0.25) is 0 Å². The second kappa shape index (κ2) is 6.15. The van der Waals surface area contributed by atoms with Gasteiger partial charge in [-0.05, 0) is 52.5 Å². The van der Waals surface area contributed by atoms with Crippen molar-refractivity contribution in [3.8, 4) is 0 Å². The summed E-state index contributed by atoms with van der Waals surface area (Å²) in [4.78, 5) is 11.8. The van der Waals surface area contributed by atoms with Crippen LogP contribution in [0.4, 0.5) is 4.79 Å². The standard InChI is InChI=1S/C13H26N2O2S/c1-12(2)9-10(13(3,4)17-12)15-11(16)14-7-6-8-18-5/h10H,6-9H2,1-5H3,(H2,14,15,16)/t10-/m1/s1. The van der Waals surface area contributed by atoms with Gasteiger partial charge in [0.1, 0.15) is 0 Å². The van der Waals surface area contributed by atoms with Crippen LogP contribution in [0.2, 0.25) is 0 Å². The Kier molecular flexibility index (Phi) is 5.34. The van der Waals surface area contributed by atoms with Crippen LogP contribution in [0.25, 0.3) is 0 Å². The molecule has 1 aliphatic rings. The molecule has 0 saturated carbocycles. The molecular formula is C13H26N2O2S. The zero-order chi connectivity index (χ0) is 13.8. The van der Waals surface area contributed by atoms with Gasteiger partial charge in [0.05, 0.1) is 17.2 Å². The van der Waals surface area contributed by atoms with E-state index in [1.807, 2.05) is 13.8 Å². The van der Waals surface area contributed by atoms with E-state index in [1.54, 1.807) is 11.8 Å². The third-order valence-electron chi connectivity index (χ3n) is 3.19. The average molecular weight is 274 g/mol. The lowest BCUT2D eigenvalue weighted by molar-refractivity contribution is -0.0690. The summed E-state index contributed by atoms with van der Waals surface area (Å²) in [5.41, 5.74) is -0.472. The summed E-state index contributed by atoms with van der Waals surface area (Å²) in [6.07, 6.45) is 3.92. The molecule has 4 nitrogen and oxygen atoms in total. The number of carbonyl (C=O) groups is 1. The highest BCUT2D eigenvalue weighted by Crippen LogP contribution is 2.37. The minimum Gasteiger partial charge on any atom is -0.367 e. The highest BCUT2D eigenvalue weighted by Gasteiger charge is 2.46. The normalized spacial score (nSPS) is 24.8. The summed E-state index contributed by atoms with van der Waals surface area (Å²) in [5, 5.41) is 5.91. The van der Waals surface area contributed by atoms with Crippen LogP contribution in [-0.2, 0) is 4.74 Å². The minimum atomic E-state index is -0.305. The van der Waals surface area contributed by atoms with Crippen LogP contribution in [0.3, 0.4) is 0 Å². The fourth-order valence-electron chi connectivity index (χ4n) is 2.41. The van der Waals surface area contributed by atoms with E-state index in [-0.39, 0.29) is 23.3 Å². The van der Waals surface area contributed by atoms with Crippen molar-refractivity contribution in [2.24, 2.45) is 0 Å². The first-order chi connectivity index (χ1) is 8.27. The van der Waals surface area contributed by atoms with Crippen LogP contribution in [0.5, 0.6) is 0 Å². The average Bonchev–Trinajstić information content (AvgIpc) is 2.41. The second-order valence-corrected chi connectivity index (χ2v) is 6.95. The number of amides is 2. The van der Waals surface area contributed by atoms with Gasteiger partial charge in [0, 0.05) is 6.54 Å². The quantitative estimate of drug-likeness (QED) is 0.757. The van der Waals surface area contributed by atoms with E-state index in [0.29, 0.717) is 0 Å². The van der Waals surface area contributed by atoms with Crippen molar-refractivity contribution in [3.05, 3.63) is 0 Å². The largest absolute Gasteiger partial charge is 0.367 e. The van der Waals surface area contributed by atoms with E-state index in [1.165, 1.54) is 0 Å². The van der Waals surface area contributed by atoms with E-state index < -0.39 is 0 Å². The first-order valence-electron chi connectivity index (χ1n) is 6.50. The molecule has 0 aromatic rings. The topological polar surface area (TPSA) is 50.4 Å². The number of thioether (sulfide) groups is 1. The third kappa shape index (κ3) is 4.69. The maximum absolute atomic E-state index is 11.8. The number of urea groups is 1. The van der Waals surface area contributed by atoms with Gasteiger partial charge in [-0.1, -0.05) is 0 Å². The molecule has 0 aromatic carbocycles. The lowest BCUT2D eigenvalue weighted by Gasteiger charge is -2.27. The van der Waals surface area contributed by atoms with Crippen molar-refractivity contribution >= 4 is 17.8 Å². The predicted octanol–water partition coefficient (Wildman–Crippen LogP) is 2.38. The maximum atomic E-state index is 11.8. The van der Waals surface area contributed by atoms with Crippen molar-refractivity contribution in [2.75, 3.05) is 18.6 Å². The summed E-state index contributed by atoms with van der Waals surface area (Å²) in [6, 6.07) is -0.0245. The Labute approximate surface area is 115 Å². The van der Waals surface area contributed by atoms with E-state index in [0.717, 1.165) is 25.1 Å². The SMILES string of the molecule is CSCCCNC(=O)N[C@@H]1CC(C)(C)OC1(C)C. The highest BCUT2D eigenvalue weighted by molar-refractivity contribution is 7.98.